The summed E-state index contributed by atoms with van der Waals surface area (Å²) < 4.78 is 44.8. The Bertz CT molecular complexity index is 1350. The van der Waals surface area contributed by atoms with Crippen LogP contribution < -0.4 is 32.2 Å². The van der Waals surface area contributed by atoms with Crippen LogP contribution in [0.15, 0.2) is 60.8 Å². The number of rotatable bonds is 6. The molecular formula is C23H20ClF3N6O3. The number of ether oxygens (including phenoxy) is 1. The molecule has 9 nitrogen and oxygen atoms in total. The second-order valence-electron chi connectivity index (χ2n) is 7.47. The zero-order valence-electron chi connectivity index (χ0n) is 18.7. The van der Waals surface area contributed by atoms with Gasteiger partial charge in [0.25, 0.3) is 5.91 Å². The van der Waals surface area contributed by atoms with Gasteiger partial charge < -0.3 is 32.2 Å². The molecule has 3 aromatic rings. The number of carbonyl (C=O) groups excluding carboxylic acids is 2. The number of benzene rings is 2. The molecular weight excluding hydrogens is 501 g/mol. The van der Waals surface area contributed by atoms with Gasteiger partial charge in [0.15, 0.2) is 0 Å². The number of halogens is 4. The maximum absolute atomic E-state index is 13.0. The number of carbonyl (C=O) groups is 2. The number of hydrogen-bond donors (Lipinski definition) is 5. The van der Waals surface area contributed by atoms with Crippen molar-refractivity contribution in [3.63, 3.8) is 0 Å². The number of alkyl halides is 3. The molecule has 0 radical (unpaired) electrons. The van der Waals surface area contributed by atoms with Crippen molar-refractivity contribution in [1.29, 1.82) is 0 Å². The summed E-state index contributed by atoms with van der Waals surface area (Å²) in [7, 11) is 0. The Kier molecular flexibility index (Phi) is 7.59. The number of aromatic nitrogens is 1. The summed E-state index contributed by atoms with van der Waals surface area (Å²) in [5.74, 6) is -0.0239. The predicted octanol–water partition coefficient (Wildman–Crippen LogP) is 5.62. The van der Waals surface area contributed by atoms with E-state index in [1.165, 1.54) is 36.4 Å². The van der Waals surface area contributed by atoms with Crippen molar-refractivity contribution in [1.82, 2.24) is 10.3 Å². The van der Waals surface area contributed by atoms with Gasteiger partial charge in [0.1, 0.15) is 23.0 Å². The van der Waals surface area contributed by atoms with Crippen LogP contribution in [0.3, 0.4) is 0 Å². The third kappa shape index (κ3) is 6.79. The zero-order chi connectivity index (χ0) is 26.6. The van der Waals surface area contributed by atoms with Crippen LogP contribution >= 0.6 is 11.6 Å². The lowest BCUT2D eigenvalue weighted by Gasteiger charge is -2.14. The Labute approximate surface area is 208 Å². The van der Waals surface area contributed by atoms with E-state index in [0.717, 1.165) is 6.07 Å². The second-order valence-corrected chi connectivity index (χ2v) is 7.88. The quantitative estimate of drug-likeness (QED) is 0.267. The van der Waals surface area contributed by atoms with Gasteiger partial charge in [0, 0.05) is 29.6 Å². The van der Waals surface area contributed by atoms with E-state index in [4.69, 9.17) is 27.8 Å². The first-order valence-electron chi connectivity index (χ1n) is 10.1. The van der Waals surface area contributed by atoms with E-state index in [9.17, 15) is 22.8 Å². The largest absolute Gasteiger partial charge is 0.457 e. The number of anilines is 4. The Hall–Kier alpha value is -4.45. The fourth-order valence-corrected chi connectivity index (χ4v) is 3.14. The van der Waals surface area contributed by atoms with Crippen molar-refractivity contribution < 1.29 is 27.5 Å². The minimum absolute atomic E-state index is 0.00631. The molecule has 2 aromatic carbocycles. The summed E-state index contributed by atoms with van der Waals surface area (Å²) in [6, 6.07) is 9.19. The summed E-state index contributed by atoms with van der Waals surface area (Å²) in [5, 5.41) is 6.74. The van der Waals surface area contributed by atoms with Crippen LogP contribution in [-0.4, -0.2) is 16.9 Å². The van der Waals surface area contributed by atoms with Crippen molar-refractivity contribution in [3.05, 3.63) is 77.1 Å². The van der Waals surface area contributed by atoms with E-state index < -0.39 is 28.7 Å². The molecule has 0 aliphatic rings. The maximum atomic E-state index is 13.0. The Morgan fingerprint density at radius 3 is 2.39 bits per heavy atom. The standard InChI is InChI=1S/C23H20ClF3N6O3/c1-11(2)30-21(34)19-9-14(10-20(29)32-19)36-13-4-6-18(17(28)8-13)33-22(35)31-12-3-5-16(24)15(7-12)23(25,26)27/h3-10H,1,28H2,2H3,(H2,29,32)(H,30,34)(H2,31,33,35). The SMILES string of the molecule is C=C(C)NC(=O)c1cc(Oc2ccc(NC(=O)Nc3ccc(Cl)c(C(F)(F)F)c3)c(N)c2)cc(N)n1. The minimum atomic E-state index is -4.68. The fraction of sp³-hybridized carbons (Fsp3) is 0.0870. The first-order chi connectivity index (χ1) is 16.8. The van der Waals surface area contributed by atoms with Crippen LogP contribution in [0.1, 0.15) is 23.0 Å². The highest BCUT2D eigenvalue weighted by Gasteiger charge is 2.33. The highest BCUT2D eigenvalue weighted by molar-refractivity contribution is 6.31. The van der Waals surface area contributed by atoms with E-state index in [1.807, 2.05) is 0 Å². The lowest BCUT2D eigenvalue weighted by molar-refractivity contribution is -0.137. The molecule has 1 heterocycles. The summed E-state index contributed by atoms with van der Waals surface area (Å²) in [6.07, 6.45) is -4.68. The van der Waals surface area contributed by atoms with Crippen molar-refractivity contribution in [2.24, 2.45) is 0 Å². The van der Waals surface area contributed by atoms with Gasteiger partial charge >= 0.3 is 12.2 Å². The lowest BCUT2D eigenvalue weighted by Crippen LogP contribution is -2.22. The molecule has 0 aliphatic carbocycles. The van der Waals surface area contributed by atoms with Gasteiger partial charge in [-0.3, -0.25) is 4.79 Å². The first kappa shape index (κ1) is 26.2. The molecule has 13 heteroatoms. The van der Waals surface area contributed by atoms with E-state index in [2.05, 4.69) is 27.5 Å². The molecule has 0 saturated carbocycles. The first-order valence-corrected chi connectivity index (χ1v) is 10.5. The number of nitrogens with two attached hydrogens (primary N) is 2. The molecule has 0 saturated heterocycles. The third-order valence-corrected chi connectivity index (χ3v) is 4.74. The topological polar surface area (TPSA) is 144 Å². The number of pyridine rings is 1. The van der Waals surface area contributed by atoms with E-state index in [0.29, 0.717) is 11.8 Å². The van der Waals surface area contributed by atoms with Crippen LogP contribution in [0.25, 0.3) is 0 Å². The summed E-state index contributed by atoms with van der Waals surface area (Å²) >= 11 is 5.58. The summed E-state index contributed by atoms with van der Waals surface area (Å²) in [6.45, 7) is 5.20. The average Bonchev–Trinajstić information content (AvgIpc) is 2.75. The average molecular weight is 521 g/mol. The van der Waals surface area contributed by atoms with Gasteiger partial charge in [-0.15, -0.1) is 0 Å². The number of hydrogen-bond acceptors (Lipinski definition) is 6. The molecule has 36 heavy (non-hydrogen) atoms. The van der Waals surface area contributed by atoms with Crippen LogP contribution in [-0.2, 0) is 6.18 Å². The number of nitrogen functional groups attached to an aromatic ring is 2. The highest BCUT2D eigenvalue weighted by atomic mass is 35.5. The van der Waals surface area contributed by atoms with E-state index >= 15 is 0 Å². The summed E-state index contributed by atoms with van der Waals surface area (Å²) in [4.78, 5) is 28.4. The Balaban J connectivity index is 1.71. The van der Waals surface area contributed by atoms with Crippen molar-refractivity contribution >= 4 is 46.4 Å². The number of urea groups is 1. The number of amides is 3. The highest BCUT2D eigenvalue weighted by Crippen LogP contribution is 2.36. The third-order valence-electron chi connectivity index (χ3n) is 4.41. The van der Waals surface area contributed by atoms with Crippen LogP contribution in [0, 0.1) is 0 Å². The van der Waals surface area contributed by atoms with Gasteiger partial charge in [-0.25, -0.2) is 9.78 Å². The maximum Gasteiger partial charge on any atom is 0.417 e. The molecule has 1 aromatic heterocycles. The monoisotopic (exact) mass is 520 g/mol. The molecule has 0 aliphatic heterocycles. The minimum Gasteiger partial charge on any atom is -0.457 e. The number of allylic oxidation sites excluding steroid dienone is 1. The van der Waals surface area contributed by atoms with Gasteiger partial charge in [0.2, 0.25) is 0 Å². The van der Waals surface area contributed by atoms with Crippen LogP contribution in [0.5, 0.6) is 11.5 Å². The van der Waals surface area contributed by atoms with Gasteiger partial charge in [0.05, 0.1) is 22.0 Å². The molecule has 0 spiro atoms. The fourth-order valence-electron chi connectivity index (χ4n) is 2.92. The zero-order valence-corrected chi connectivity index (χ0v) is 19.4. The molecule has 7 N–H and O–H groups in total. The van der Waals surface area contributed by atoms with Crippen molar-refractivity contribution in [2.75, 3.05) is 22.1 Å². The van der Waals surface area contributed by atoms with Crippen molar-refractivity contribution in [2.45, 2.75) is 13.1 Å². The molecule has 0 bridgehead atoms. The molecule has 3 rings (SSSR count). The van der Waals surface area contributed by atoms with Gasteiger partial charge in [-0.05, 0) is 37.3 Å². The molecule has 0 atom stereocenters. The Morgan fingerprint density at radius 1 is 1.03 bits per heavy atom. The van der Waals surface area contributed by atoms with Crippen LogP contribution in [0.4, 0.5) is 40.8 Å². The summed E-state index contributed by atoms with van der Waals surface area (Å²) in [5.41, 5.74) is 11.2. The Morgan fingerprint density at radius 2 is 1.75 bits per heavy atom. The lowest BCUT2D eigenvalue weighted by atomic mass is 10.2. The molecule has 0 fully saturated rings. The van der Waals surface area contributed by atoms with Crippen LogP contribution in [0.2, 0.25) is 5.02 Å². The molecule has 0 unspecified atom stereocenters. The smallest absolute Gasteiger partial charge is 0.417 e. The molecule has 188 valence electrons. The number of nitrogens with zero attached hydrogens (tertiary/aromatic N) is 1. The molecule has 3 amide bonds. The predicted molar refractivity (Wildman–Crippen MR) is 131 cm³/mol. The normalized spacial score (nSPS) is 10.9. The van der Waals surface area contributed by atoms with Crippen molar-refractivity contribution in [3.8, 4) is 11.5 Å². The van der Waals surface area contributed by atoms with Gasteiger partial charge in [-0.2, -0.15) is 13.2 Å². The van der Waals surface area contributed by atoms with Gasteiger partial charge in [-0.1, -0.05) is 18.2 Å². The number of nitrogens with one attached hydrogen (secondary N) is 3. The van der Waals surface area contributed by atoms with E-state index in [1.54, 1.807) is 6.92 Å². The van der Waals surface area contributed by atoms with E-state index in [-0.39, 0.29) is 40.1 Å². The second kappa shape index (κ2) is 10.4.